The Morgan fingerprint density at radius 2 is 2.19 bits per heavy atom. The zero-order chi connectivity index (χ0) is 12.3. The molecule has 0 aliphatic carbocycles. The minimum Gasteiger partial charge on any atom is -0.377 e. The highest BCUT2D eigenvalue weighted by Gasteiger charge is 2.20. The molecule has 0 radical (unpaired) electrons. The van der Waals surface area contributed by atoms with Crippen molar-refractivity contribution in [2.75, 3.05) is 11.2 Å². The number of aromatic nitrogens is 2. The lowest BCUT2D eigenvalue weighted by Gasteiger charge is -2.01. The molecule has 1 aromatic rings. The van der Waals surface area contributed by atoms with E-state index in [0.717, 1.165) is 5.71 Å². The molecule has 0 bridgehead atoms. The second-order valence-electron chi connectivity index (χ2n) is 3.00. The number of halogens is 1. The first-order valence-corrected chi connectivity index (χ1v) is 4.54. The Hall–Kier alpha value is -1.96. The summed E-state index contributed by atoms with van der Waals surface area (Å²) in [5.74, 6) is -0.820. The fourth-order valence-corrected chi connectivity index (χ4v) is 0.955. The van der Waals surface area contributed by atoms with Crippen LogP contribution in [-0.4, -0.2) is 20.6 Å². The molecule has 1 aromatic heterocycles. The predicted octanol–water partition coefficient (Wildman–Crippen LogP) is 1.43. The minimum atomic E-state index is -0.758. The lowest BCUT2D eigenvalue weighted by molar-refractivity contribution is -0.388. The van der Waals surface area contributed by atoms with Crippen LogP contribution in [0.2, 0.25) is 5.15 Å². The summed E-state index contributed by atoms with van der Waals surface area (Å²) in [6, 6.07) is 0. The van der Waals surface area contributed by atoms with Gasteiger partial charge >= 0.3 is 5.82 Å². The summed E-state index contributed by atoms with van der Waals surface area (Å²) in [4.78, 5) is 16.9. The van der Waals surface area contributed by atoms with E-state index >= 15 is 0 Å². The van der Waals surface area contributed by atoms with Gasteiger partial charge in [-0.25, -0.2) is 0 Å². The van der Waals surface area contributed by atoms with Gasteiger partial charge in [0.2, 0.25) is 11.6 Å². The third-order valence-electron chi connectivity index (χ3n) is 1.42. The number of nitro groups is 1. The van der Waals surface area contributed by atoms with Crippen molar-refractivity contribution in [2.24, 2.45) is 5.10 Å². The Kier molecular flexibility index (Phi) is 3.56. The molecular weight excluding hydrogens is 236 g/mol. The molecule has 86 valence electrons. The smallest absolute Gasteiger partial charge is 0.377 e. The zero-order valence-corrected chi connectivity index (χ0v) is 9.32. The van der Waals surface area contributed by atoms with Crippen molar-refractivity contribution in [1.82, 2.24) is 9.97 Å². The average Bonchev–Trinajstić information content (AvgIpc) is 2.18. The fourth-order valence-electron chi connectivity index (χ4n) is 0.790. The van der Waals surface area contributed by atoms with Gasteiger partial charge < -0.3 is 15.8 Å². The second kappa shape index (κ2) is 4.71. The number of anilines is 2. The maximum Gasteiger partial charge on any atom is 0.408 e. The van der Waals surface area contributed by atoms with E-state index in [1.165, 1.54) is 0 Å². The van der Waals surface area contributed by atoms with E-state index < -0.39 is 10.7 Å². The first-order chi connectivity index (χ1) is 7.41. The number of nitrogens with one attached hydrogen (secondary N) is 1. The number of nitrogen functional groups attached to an aromatic ring is 1. The van der Waals surface area contributed by atoms with Crippen LogP contribution in [0.25, 0.3) is 0 Å². The summed E-state index contributed by atoms with van der Waals surface area (Å²) in [7, 11) is 0. The lowest BCUT2D eigenvalue weighted by Crippen LogP contribution is -2.05. The minimum absolute atomic E-state index is 0.0750. The van der Waals surface area contributed by atoms with Crippen LogP contribution in [0.4, 0.5) is 17.5 Å². The third kappa shape index (κ3) is 2.76. The van der Waals surface area contributed by atoms with Gasteiger partial charge in [-0.15, -0.1) is 0 Å². The summed E-state index contributed by atoms with van der Waals surface area (Å²) in [6.07, 6.45) is 0. The van der Waals surface area contributed by atoms with Gasteiger partial charge in [0.25, 0.3) is 5.15 Å². The molecule has 0 unspecified atom stereocenters. The Labute approximate surface area is 95.7 Å². The quantitative estimate of drug-likeness (QED) is 0.471. The summed E-state index contributed by atoms with van der Waals surface area (Å²) < 4.78 is 0. The van der Waals surface area contributed by atoms with E-state index in [-0.39, 0.29) is 16.8 Å². The molecule has 1 heterocycles. The first kappa shape index (κ1) is 12.1. The molecular formula is C7H9ClN6O2. The van der Waals surface area contributed by atoms with Crippen molar-refractivity contribution in [3.63, 3.8) is 0 Å². The van der Waals surface area contributed by atoms with Gasteiger partial charge in [0.1, 0.15) is 0 Å². The van der Waals surface area contributed by atoms with E-state index in [4.69, 9.17) is 17.3 Å². The molecule has 0 saturated carbocycles. The number of hydrazone groups is 1. The molecule has 9 heteroatoms. The predicted molar refractivity (Wildman–Crippen MR) is 60.5 cm³/mol. The third-order valence-corrected chi connectivity index (χ3v) is 1.68. The van der Waals surface area contributed by atoms with E-state index in [1.54, 1.807) is 13.8 Å². The van der Waals surface area contributed by atoms with Crippen molar-refractivity contribution >= 4 is 34.8 Å². The topological polar surface area (TPSA) is 119 Å². The zero-order valence-electron chi connectivity index (χ0n) is 8.56. The molecule has 0 saturated heterocycles. The van der Waals surface area contributed by atoms with Crippen LogP contribution in [0, 0.1) is 10.1 Å². The molecule has 1 rings (SSSR count). The molecule has 0 aromatic carbocycles. The standard InChI is InChI=1S/C7H9ClN6O2/c1-3(2)12-13-6-4(8)10-7(14(15)16)5(9)11-6/h1-2H3,(H3,9,11,13). The summed E-state index contributed by atoms with van der Waals surface area (Å²) >= 11 is 5.66. The van der Waals surface area contributed by atoms with Crippen molar-refractivity contribution in [2.45, 2.75) is 13.8 Å². The van der Waals surface area contributed by atoms with E-state index in [2.05, 4.69) is 20.5 Å². The van der Waals surface area contributed by atoms with Gasteiger partial charge in [-0.2, -0.15) is 10.1 Å². The maximum atomic E-state index is 10.5. The molecule has 0 fully saturated rings. The van der Waals surface area contributed by atoms with Gasteiger partial charge in [-0.3, -0.25) is 5.43 Å². The lowest BCUT2D eigenvalue weighted by atomic mass is 10.5. The van der Waals surface area contributed by atoms with Crippen LogP contribution < -0.4 is 11.2 Å². The fraction of sp³-hybridized carbons (Fsp3) is 0.286. The molecule has 0 aliphatic rings. The molecule has 0 aliphatic heterocycles. The highest BCUT2D eigenvalue weighted by molar-refractivity contribution is 6.31. The molecule has 16 heavy (non-hydrogen) atoms. The molecule has 0 spiro atoms. The van der Waals surface area contributed by atoms with Gasteiger partial charge in [0.05, 0.1) is 0 Å². The molecule has 8 nitrogen and oxygen atoms in total. The van der Waals surface area contributed by atoms with Crippen molar-refractivity contribution < 1.29 is 4.92 Å². The van der Waals surface area contributed by atoms with Crippen molar-refractivity contribution in [3.05, 3.63) is 15.3 Å². The van der Waals surface area contributed by atoms with Gasteiger partial charge in [-0.1, -0.05) is 0 Å². The number of nitrogens with zero attached hydrogens (tertiary/aromatic N) is 4. The van der Waals surface area contributed by atoms with Crippen LogP contribution in [0.5, 0.6) is 0 Å². The van der Waals surface area contributed by atoms with E-state index in [0.29, 0.717) is 0 Å². The van der Waals surface area contributed by atoms with Crippen molar-refractivity contribution in [1.29, 1.82) is 0 Å². The van der Waals surface area contributed by atoms with Gasteiger partial charge in [0, 0.05) is 5.71 Å². The van der Waals surface area contributed by atoms with Crippen LogP contribution in [0.15, 0.2) is 5.10 Å². The van der Waals surface area contributed by atoms with Crippen LogP contribution in [0.1, 0.15) is 13.8 Å². The Bertz CT molecular complexity index is 456. The monoisotopic (exact) mass is 244 g/mol. The average molecular weight is 245 g/mol. The summed E-state index contributed by atoms with van der Waals surface area (Å²) in [6.45, 7) is 3.51. The van der Waals surface area contributed by atoms with Crippen LogP contribution in [0.3, 0.4) is 0 Å². The summed E-state index contributed by atoms with van der Waals surface area (Å²) in [5, 5.41) is 14.1. The molecule has 3 N–H and O–H groups in total. The SMILES string of the molecule is CC(C)=NNc1nc(N)c([N+](=O)[O-])nc1Cl. The van der Waals surface area contributed by atoms with E-state index in [9.17, 15) is 10.1 Å². The second-order valence-corrected chi connectivity index (χ2v) is 3.36. The molecule has 0 amide bonds. The Morgan fingerprint density at radius 3 is 2.69 bits per heavy atom. The number of nitrogens with two attached hydrogens (primary N) is 1. The van der Waals surface area contributed by atoms with Crippen LogP contribution in [-0.2, 0) is 0 Å². The normalized spacial score (nSPS) is 9.69. The Balaban J connectivity index is 3.10. The summed E-state index contributed by atoms with van der Waals surface area (Å²) in [5.41, 5.74) is 8.57. The Morgan fingerprint density at radius 1 is 1.56 bits per heavy atom. The molecule has 0 atom stereocenters. The number of hydrogen-bond acceptors (Lipinski definition) is 7. The van der Waals surface area contributed by atoms with Crippen LogP contribution >= 0.6 is 11.6 Å². The maximum absolute atomic E-state index is 10.5. The van der Waals surface area contributed by atoms with Gasteiger partial charge in [0.15, 0.2) is 0 Å². The van der Waals surface area contributed by atoms with Crippen molar-refractivity contribution in [3.8, 4) is 0 Å². The highest BCUT2D eigenvalue weighted by atomic mass is 35.5. The first-order valence-electron chi connectivity index (χ1n) is 4.16. The number of hydrogen-bond donors (Lipinski definition) is 2. The largest absolute Gasteiger partial charge is 0.408 e. The highest BCUT2D eigenvalue weighted by Crippen LogP contribution is 2.24. The van der Waals surface area contributed by atoms with Gasteiger partial charge in [-0.05, 0) is 35.4 Å². The van der Waals surface area contributed by atoms with E-state index in [1.807, 2.05) is 0 Å². The number of rotatable bonds is 3.